The fourth-order valence-corrected chi connectivity index (χ4v) is 4.36. The van der Waals surface area contributed by atoms with Crippen LogP contribution >= 0.6 is 0 Å². The predicted molar refractivity (Wildman–Crippen MR) is 137 cm³/mol. The summed E-state index contributed by atoms with van der Waals surface area (Å²) in [6.45, 7) is 19.9. The van der Waals surface area contributed by atoms with Crippen LogP contribution in [0.2, 0.25) is 0 Å². The summed E-state index contributed by atoms with van der Waals surface area (Å²) in [4.78, 5) is 14.4. The van der Waals surface area contributed by atoms with Gasteiger partial charge in [0.05, 0.1) is 18.3 Å². The quantitative estimate of drug-likeness (QED) is 0.278. The molecule has 1 rings (SSSR count). The number of benzene rings is 1. The number of phenolic OH excluding ortho intramolecular Hbond substituents is 1. The number of hydrogen-bond donors (Lipinski definition) is 1. The van der Waals surface area contributed by atoms with Gasteiger partial charge >= 0.3 is 5.97 Å². The molecule has 1 aromatic rings. The number of hydrogen-bond acceptors (Lipinski definition) is 5. The number of phenols is 1. The molecule has 0 aliphatic heterocycles. The zero-order valence-corrected chi connectivity index (χ0v) is 21.6. The van der Waals surface area contributed by atoms with Gasteiger partial charge in [-0.25, -0.2) is 4.79 Å². The maximum Gasteiger partial charge on any atom is 0.338 e. The third kappa shape index (κ3) is 8.17. The van der Waals surface area contributed by atoms with E-state index in [1.165, 1.54) is 11.1 Å². The highest BCUT2D eigenvalue weighted by molar-refractivity contribution is 5.90. The Morgan fingerprint density at radius 2 is 1.85 bits per heavy atom. The number of esters is 1. The molecular formula is C28H43NO4. The van der Waals surface area contributed by atoms with Crippen LogP contribution in [-0.4, -0.2) is 55.9 Å². The number of allylic oxidation sites excluding steroid dienone is 4. The highest BCUT2D eigenvalue weighted by Crippen LogP contribution is 2.33. The Kier molecular flexibility index (Phi) is 11.6. The van der Waals surface area contributed by atoms with Crippen molar-refractivity contribution >= 4 is 5.97 Å². The first-order valence-corrected chi connectivity index (χ1v) is 11.7. The topological polar surface area (TPSA) is 59.0 Å². The van der Waals surface area contributed by atoms with E-state index in [1.807, 2.05) is 12.2 Å². The van der Waals surface area contributed by atoms with E-state index in [0.29, 0.717) is 18.7 Å². The zero-order valence-electron chi connectivity index (χ0n) is 21.6. The van der Waals surface area contributed by atoms with Crippen LogP contribution in [0.3, 0.4) is 0 Å². The SMILES string of the molecule is C=C/C(CC)=C(\C=C)CC(C)C(CN(C)CC(C)(C)c1cc(C(=O)OCC)ccc1O)OC. The van der Waals surface area contributed by atoms with E-state index >= 15 is 0 Å². The van der Waals surface area contributed by atoms with Crippen LogP contribution in [0.25, 0.3) is 0 Å². The van der Waals surface area contributed by atoms with Crippen molar-refractivity contribution in [1.82, 2.24) is 4.90 Å². The average Bonchev–Trinajstić information content (AvgIpc) is 2.77. The fourth-order valence-electron chi connectivity index (χ4n) is 4.36. The van der Waals surface area contributed by atoms with Gasteiger partial charge in [0.2, 0.25) is 0 Å². The molecule has 0 bridgehead atoms. The van der Waals surface area contributed by atoms with E-state index in [9.17, 15) is 9.90 Å². The van der Waals surface area contributed by atoms with E-state index in [4.69, 9.17) is 9.47 Å². The molecule has 0 aliphatic carbocycles. The second-order valence-corrected chi connectivity index (χ2v) is 9.30. The number of rotatable bonds is 14. The first-order chi connectivity index (χ1) is 15.5. The minimum Gasteiger partial charge on any atom is -0.508 e. The molecule has 184 valence electrons. The van der Waals surface area contributed by atoms with Gasteiger partial charge in [-0.15, -0.1) is 0 Å². The first kappa shape index (κ1) is 28.7. The Morgan fingerprint density at radius 3 is 2.36 bits per heavy atom. The molecular weight excluding hydrogens is 414 g/mol. The lowest BCUT2D eigenvalue weighted by Gasteiger charge is -2.34. The van der Waals surface area contributed by atoms with Crippen LogP contribution in [0.1, 0.15) is 63.4 Å². The molecule has 0 fully saturated rings. The van der Waals surface area contributed by atoms with Gasteiger partial charge in [-0.3, -0.25) is 0 Å². The third-order valence-electron chi connectivity index (χ3n) is 6.16. The number of aromatic hydroxyl groups is 1. The molecule has 0 spiro atoms. The Labute approximate surface area is 200 Å². The maximum atomic E-state index is 12.2. The summed E-state index contributed by atoms with van der Waals surface area (Å²) < 4.78 is 11.0. The number of carbonyl (C=O) groups is 1. The molecule has 2 atom stereocenters. The molecule has 0 aliphatic rings. The minimum absolute atomic E-state index is 0.0307. The molecule has 1 N–H and O–H groups in total. The Balaban J connectivity index is 2.98. The Bertz CT molecular complexity index is 840. The van der Waals surface area contributed by atoms with Gasteiger partial charge in [0.25, 0.3) is 0 Å². The number of nitrogens with zero attached hydrogens (tertiary/aromatic N) is 1. The van der Waals surface area contributed by atoms with Crippen LogP contribution in [0.5, 0.6) is 5.75 Å². The molecule has 1 aromatic carbocycles. The van der Waals surface area contributed by atoms with Crippen molar-refractivity contribution in [2.45, 2.75) is 59.0 Å². The van der Waals surface area contributed by atoms with Gasteiger partial charge in [-0.1, -0.05) is 53.0 Å². The lowest BCUT2D eigenvalue weighted by molar-refractivity contribution is 0.0296. The summed E-state index contributed by atoms with van der Waals surface area (Å²) in [5.74, 6) is 0.0826. The highest BCUT2D eigenvalue weighted by atomic mass is 16.5. The van der Waals surface area contributed by atoms with Crippen LogP contribution in [-0.2, 0) is 14.9 Å². The van der Waals surface area contributed by atoms with Gasteiger partial charge in [0.1, 0.15) is 5.75 Å². The average molecular weight is 458 g/mol. The van der Waals surface area contributed by atoms with Gasteiger partial charge in [-0.2, -0.15) is 0 Å². The smallest absolute Gasteiger partial charge is 0.338 e. The van der Waals surface area contributed by atoms with Crippen LogP contribution in [0, 0.1) is 5.92 Å². The largest absolute Gasteiger partial charge is 0.508 e. The van der Waals surface area contributed by atoms with Gasteiger partial charge in [0, 0.05) is 31.2 Å². The summed E-state index contributed by atoms with van der Waals surface area (Å²) in [5, 5.41) is 10.5. The van der Waals surface area contributed by atoms with E-state index in [2.05, 4.69) is 52.8 Å². The summed E-state index contributed by atoms with van der Waals surface area (Å²) in [7, 11) is 3.80. The Morgan fingerprint density at radius 1 is 1.21 bits per heavy atom. The fraction of sp³-hybridized carbons (Fsp3) is 0.536. The number of likely N-dealkylation sites (N-methyl/N-ethyl adjacent to an activating group) is 1. The number of carbonyl (C=O) groups excluding carboxylic acids is 1. The van der Waals surface area contributed by atoms with Crippen molar-refractivity contribution in [1.29, 1.82) is 0 Å². The molecule has 0 radical (unpaired) electrons. The van der Waals surface area contributed by atoms with Crippen molar-refractivity contribution in [2.75, 3.05) is 33.9 Å². The van der Waals surface area contributed by atoms with Crippen LogP contribution in [0.4, 0.5) is 0 Å². The molecule has 0 amide bonds. The Hall–Kier alpha value is -2.37. The lowest BCUT2D eigenvalue weighted by Crippen LogP contribution is -2.41. The van der Waals surface area contributed by atoms with Gasteiger partial charge < -0.3 is 19.5 Å². The molecule has 0 heterocycles. The van der Waals surface area contributed by atoms with Crippen LogP contribution in [0.15, 0.2) is 54.7 Å². The van der Waals surface area contributed by atoms with Crippen molar-refractivity contribution < 1.29 is 19.4 Å². The normalized spacial score (nSPS) is 14.4. The standard InChI is InChI=1S/C28H43NO4/c1-10-21(11-2)22(12-3)16-20(5)26(32-9)18-29(8)19-28(6,7)24-17-23(14-15-25(24)30)27(31)33-13-4/h10,12,14-15,17,20,26,30H,1,3,11,13,16,18-19H2,2,4-9H3/b22-21-. The molecule has 0 saturated carbocycles. The zero-order chi connectivity index (χ0) is 25.2. The number of methoxy groups -OCH3 is 1. The van der Waals surface area contributed by atoms with Crippen molar-refractivity contribution in [2.24, 2.45) is 5.92 Å². The van der Waals surface area contributed by atoms with Crippen molar-refractivity contribution in [3.63, 3.8) is 0 Å². The van der Waals surface area contributed by atoms with E-state index < -0.39 is 5.41 Å². The maximum absolute atomic E-state index is 12.2. The van der Waals surface area contributed by atoms with Gasteiger partial charge in [0.15, 0.2) is 0 Å². The minimum atomic E-state index is -0.396. The summed E-state index contributed by atoms with van der Waals surface area (Å²) in [6.07, 6.45) is 5.67. The molecule has 5 heteroatoms. The second kappa shape index (κ2) is 13.4. The molecule has 2 unspecified atom stereocenters. The van der Waals surface area contributed by atoms with Crippen molar-refractivity contribution in [3.8, 4) is 5.75 Å². The second-order valence-electron chi connectivity index (χ2n) is 9.30. The van der Waals surface area contributed by atoms with E-state index in [-0.39, 0.29) is 23.7 Å². The first-order valence-electron chi connectivity index (χ1n) is 11.7. The molecule has 5 nitrogen and oxygen atoms in total. The summed E-state index contributed by atoms with van der Waals surface area (Å²) in [5.41, 5.74) is 3.20. The van der Waals surface area contributed by atoms with E-state index in [1.54, 1.807) is 32.2 Å². The lowest BCUT2D eigenvalue weighted by atomic mass is 9.82. The monoisotopic (exact) mass is 457 g/mol. The summed E-state index contributed by atoms with van der Waals surface area (Å²) in [6, 6.07) is 4.90. The highest BCUT2D eigenvalue weighted by Gasteiger charge is 2.29. The van der Waals surface area contributed by atoms with Gasteiger partial charge in [-0.05, 0) is 62.1 Å². The molecule has 0 aromatic heterocycles. The summed E-state index contributed by atoms with van der Waals surface area (Å²) >= 11 is 0. The number of ether oxygens (including phenoxy) is 2. The molecule has 33 heavy (non-hydrogen) atoms. The van der Waals surface area contributed by atoms with Crippen LogP contribution < -0.4 is 0 Å². The molecule has 0 saturated heterocycles. The third-order valence-corrected chi connectivity index (χ3v) is 6.16. The van der Waals surface area contributed by atoms with Crippen molar-refractivity contribution in [3.05, 3.63) is 65.8 Å². The predicted octanol–water partition coefficient (Wildman–Crippen LogP) is 5.90. The van der Waals surface area contributed by atoms with E-state index in [0.717, 1.165) is 24.9 Å².